The van der Waals surface area contributed by atoms with Gasteiger partial charge in [-0.1, -0.05) is 40.0 Å². The quantitative estimate of drug-likeness (QED) is 0.450. The average molecular weight is 185 g/mol. The first kappa shape index (κ1) is 12.5. The van der Waals surface area contributed by atoms with E-state index in [0.717, 1.165) is 32.1 Å². The zero-order valence-corrected chi connectivity index (χ0v) is 8.84. The van der Waals surface area contributed by atoms with Crippen molar-refractivity contribution in [3.63, 3.8) is 0 Å². The molecule has 77 valence electrons. The van der Waals surface area contributed by atoms with Crippen molar-refractivity contribution in [3.05, 3.63) is 6.92 Å². The minimum absolute atomic E-state index is 0.0404. The van der Waals surface area contributed by atoms with Gasteiger partial charge in [0.2, 0.25) is 0 Å². The molecule has 0 saturated carbocycles. The molecule has 0 N–H and O–H groups in total. The normalized spacial score (nSPS) is 12.5. The molecule has 0 saturated heterocycles. The molecule has 0 bridgehead atoms. The van der Waals surface area contributed by atoms with Gasteiger partial charge in [0.25, 0.3) is 0 Å². The number of unbranched alkanes of at least 4 members (excludes halogenated alkanes) is 2. The van der Waals surface area contributed by atoms with E-state index >= 15 is 0 Å². The van der Waals surface area contributed by atoms with Crippen molar-refractivity contribution >= 4 is 5.97 Å². The van der Waals surface area contributed by atoms with E-state index in [-0.39, 0.29) is 11.9 Å². The van der Waals surface area contributed by atoms with Crippen molar-refractivity contribution < 1.29 is 9.53 Å². The Kier molecular flexibility index (Phi) is 7.76. The highest BCUT2D eigenvalue weighted by atomic mass is 16.5. The molecule has 0 spiro atoms. The maximum Gasteiger partial charge on any atom is 0.308 e. The van der Waals surface area contributed by atoms with Gasteiger partial charge in [-0.05, 0) is 12.8 Å². The molecule has 0 rings (SSSR count). The summed E-state index contributed by atoms with van der Waals surface area (Å²) < 4.78 is 5.08. The Labute approximate surface area is 81.7 Å². The number of hydrogen-bond donors (Lipinski definition) is 0. The summed E-state index contributed by atoms with van der Waals surface area (Å²) in [6, 6.07) is 0. The molecule has 0 fully saturated rings. The zero-order valence-electron chi connectivity index (χ0n) is 8.84. The van der Waals surface area contributed by atoms with Gasteiger partial charge in [-0.15, -0.1) is 0 Å². The van der Waals surface area contributed by atoms with Gasteiger partial charge in [-0.3, -0.25) is 4.79 Å². The van der Waals surface area contributed by atoms with Crippen molar-refractivity contribution in [1.82, 2.24) is 0 Å². The van der Waals surface area contributed by atoms with E-state index in [9.17, 15) is 4.79 Å². The number of rotatable bonds is 7. The van der Waals surface area contributed by atoms with Crippen LogP contribution in [-0.2, 0) is 9.53 Å². The smallest absolute Gasteiger partial charge is 0.308 e. The molecule has 1 atom stereocenters. The van der Waals surface area contributed by atoms with E-state index in [2.05, 4.69) is 13.8 Å². The van der Waals surface area contributed by atoms with Crippen molar-refractivity contribution in [3.8, 4) is 0 Å². The van der Waals surface area contributed by atoms with Crippen LogP contribution in [0.15, 0.2) is 0 Å². The largest absolute Gasteiger partial charge is 0.465 e. The predicted molar refractivity (Wildman–Crippen MR) is 54.2 cm³/mol. The summed E-state index contributed by atoms with van der Waals surface area (Å²) in [5.74, 6) is -0.0134. The number of esters is 1. The minimum atomic E-state index is -0.0538. The molecular weight excluding hydrogens is 164 g/mol. The molecule has 0 aliphatic carbocycles. The lowest BCUT2D eigenvalue weighted by molar-refractivity contribution is -0.148. The Hall–Kier alpha value is -0.530. The fourth-order valence-electron chi connectivity index (χ4n) is 1.03. The zero-order chi connectivity index (χ0) is 10.1. The first-order valence-electron chi connectivity index (χ1n) is 5.18. The maximum atomic E-state index is 11.3. The molecule has 0 aromatic carbocycles. The Morgan fingerprint density at radius 3 is 2.69 bits per heavy atom. The van der Waals surface area contributed by atoms with E-state index < -0.39 is 0 Å². The van der Waals surface area contributed by atoms with Crippen LogP contribution in [0.5, 0.6) is 0 Å². The molecule has 0 aromatic rings. The summed E-state index contributed by atoms with van der Waals surface area (Å²) in [7, 11) is 0. The van der Waals surface area contributed by atoms with Crippen molar-refractivity contribution in [1.29, 1.82) is 0 Å². The van der Waals surface area contributed by atoms with Crippen LogP contribution in [0.3, 0.4) is 0 Å². The highest BCUT2D eigenvalue weighted by Gasteiger charge is 2.12. The number of ether oxygens (including phenoxy) is 1. The average Bonchev–Trinajstić information content (AvgIpc) is 2.14. The van der Waals surface area contributed by atoms with E-state index in [4.69, 9.17) is 4.74 Å². The molecule has 0 aliphatic rings. The van der Waals surface area contributed by atoms with Crippen LogP contribution in [0.4, 0.5) is 0 Å². The van der Waals surface area contributed by atoms with Gasteiger partial charge in [0.1, 0.15) is 0 Å². The molecule has 0 heterocycles. The molecule has 1 radical (unpaired) electrons. The van der Waals surface area contributed by atoms with Crippen LogP contribution in [0, 0.1) is 12.8 Å². The molecule has 13 heavy (non-hydrogen) atoms. The van der Waals surface area contributed by atoms with Gasteiger partial charge < -0.3 is 4.74 Å². The van der Waals surface area contributed by atoms with Crippen molar-refractivity contribution in [2.24, 2.45) is 5.92 Å². The lowest BCUT2D eigenvalue weighted by Crippen LogP contribution is -2.15. The molecular formula is C11H21O2. The number of hydrogen-bond acceptors (Lipinski definition) is 2. The summed E-state index contributed by atoms with van der Waals surface area (Å²) in [5, 5.41) is 0. The molecule has 0 aromatic heterocycles. The van der Waals surface area contributed by atoms with Crippen molar-refractivity contribution in [2.75, 3.05) is 6.61 Å². The van der Waals surface area contributed by atoms with Gasteiger partial charge in [-0.25, -0.2) is 0 Å². The second-order valence-electron chi connectivity index (χ2n) is 3.42. The summed E-state index contributed by atoms with van der Waals surface area (Å²) in [5.41, 5.74) is 0. The monoisotopic (exact) mass is 185 g/mol. The Morgan fingerprint density at radius 2 is 2.15 bits per heavy atom. The molecule has 2 nitrogen and oxygen atoms in total. The number of carbonyl (C=O) groups excluding carboxylic acids is 1. The van der Waals surface area contributed by atoms with Crippen LogP contribution in [0.25, 0.3) is 0 Å². The van der Waals surface area contributed by atoms with Crippen LogP contribution < -0.4 is 0 Å². The Bertz CT molecular complexity index is 132. The van der Waals surface area contributed by atoms with Crippen LogP contribution in [0.2, 0.25) is 0 Å². The molecule has 2 heteroatoms. The van der Waals surface area contributed by atoms with Gasteiger partial charge in [-0.2, -0.15) is 0 Å². The highest BCUT2D eigenvalue weighted by Crippen LogP contribution is 2.09. The maximum absolute atomic E-state index is 11.3. The van der Waals surface area contributed by atoms with E-state index in [1.165, 1.54) is 0 Å². The second kappa shape index (κ2) is 8.09. The fourth-order valence-corrected chi connectivity index (χ4v) is 1.03. The first-order chi connectivity index (χ1) is 6.22. The van der Waals surface area contributed by atoms with Crippen molar-refractivity contribution in [2.45, 2.75) is 46.0 Å². The third-order valence-corrected chi connectivity index (χ3v) is 2.03. The fraction of sp³-hybridized carbons (Fsp3) is 0.818. The Balaban J connectivity index is 3.45. The Morgan fingerprint density at radius 1 is 1.46 bits per heavy atom. The summed E-state index contributed by atoms with van der Waals surface area (Å²) >= 11 is 0. The minimum Gasteiger partial charge on any atom is -0.465 e. The van der Waals surface area contributed by atoms with Gasteiger partial charge in [0, 0.05) is 0 Å². The topological polar surface area (TPSA) is 26.3 Å². The summed E-state index contributed by atoms with van der Waals surface area (Å²) in [4.78, 5) is 11.3. The van der Waals surface area contributed by atoms with Gasteiger partial charge in [0.15, 0.2) is 0 Å². The van der Waals surface area contributed by atoms with Gasteiger partial charge >= 0.3 is 5.97 Å². The third-order valence-electron chi connectivity index (χ3n) is 2.03. The number of carbonyl (C=O) groups is 1. The lowest BCUT2D eigenvalue weighted by atomic mass is 10.1. The molecule has 0 aliphatic heterocycles. The highest BCUT2D eigenvalue weighted by molar-refractivity contribution is 5.71. The third kappa shape index (κ3) is 6.62. The summed E-state index contributed by atoms with van der Waals surface area (Å²) in [6.07, 6.45) is 4.83. The second-order valence-corrected chi connectivity index (χ2v) is 3.42. The van der Waals surface area contributed by atoms with Crippen LogP contribution in [-0.4, -0.2) is 12.6 Å². The first-order valence-corrected chi connectivity index (χ1v) is 5.18. The predicted octanol–water partition coefficient (Wildman–Crippen LogP) is 2.97. The lowest BCUT2D eigenvalue weighted by Gasteiger charge is -2.10. The van der Waals surface area contributed by atoms with E-state index in [1.807, 2.05) is 6.92 Å². The van der Waals surface area contributed by atoms with Crippen LogP contribution in [0.1, 0.15) is 46.0 Å². The van der Waals surface area contributed by atoms with Gasteiger partial charge in [0.05, 0.1) is 12.5 Å². The molecule has 0 amide bonds. The van der Waals surface area contributed by atoms with E-state index in [1.54, 1.807) is 0 Å². The molecule has 1 unspecified atom stereocenters. The van der Waals surface area contributed by atoms with E-state index in [0.29, 0.717) is 6.61 Å². The van der Waals surface area contributed by atoms with Crippen LogP contribution >= 0.6 is 0 Å². The SMILES string of the molecule is [CH2]CCCC(C)C(=O)OCCCC. The summed E-state index contributed by atoms with van der Waals surface area (Å²) in [6.45, 7) is 8.32. The standard InChI is InChI=1S/C11H21O2/c1-4-6-8-10(3)11(12)13-9-7-5-2/h10H,1,4-9H2,2-3H3.